The number of unbranched alkanes of at least 4 members (excludes halogenated alkanes) is 4. The summed E-state index contributed by atoms with van der Waals surface area (Å²) < 4.78 is 47.3. The average molecular weight is 817 g/mol. The lowest BCUT2D eigenvalue weighted by molar-refractivity contribution is 0.0943. The van der Waals surface area contributed by atoms with Gasteiger partial charge in [-0.1, -0.05) is 19.3 Å². The van der Waals surface area contributed by atoms with E-state index < -0.39 is 34.3 Å². The number of hydrogen-bond acceptors (Lipinski definition) is 10. The molecule has 8 rings (SSSR count). The lowest BCUT2D eigenvalue weighted by atomic mass is 10.0. The van der Waals surface area contributed by atoms with E-state index in [0.29, 0.717) is 99.2 Å². The SMILES string of the molecule is C[C@H]1COc2c(N3CCN(C)CC3)c(F)cc3c(=O)c(C(=O)NCCCCCCCNC(=O)c4cn5c6c(c(N7CCN(C)CC7)c(F)cc6c4=O)OC[C@@H]5C)cn1c23. The highest BCUT2D eigenvalue weighted by Gasteiger charge is 2.33. The highest BCUT2D eigenvalue weighted by atomic mass is 19.1. The molecule has 0 radical (unpaired) electrons. The second-order valence-electron chi connectivity index (χ2n) is 16.6. The Morgan fingerprint density at radius 1 is 0.627 bits per heavy atom. The van der Waals surface area contributed by atoms with Crippen molar-refractivity contribution >= 4 is 45.0 Å². The number of aromatic nitrogens is 2. The van der Waals surface area contributed by atoms with Crippen LogP contribution in [0.25, 0.3) is 21.8 Å². The van der Waals surface area contributed by atoms with Crippen LogP contribution < -0.4 is 40.8 Å². The number of likely N-dealkylation sites (N-methyl/N-ethyl adjacent to an activating group) is 2. The van der Waals surface area contributed by atoms with Crippen molar-refractivity contribution in [3.05, 3.63) is 67.7 Å². The lowest BCUT2D eigenvalue weighted by Gasteiger charge is -2.37. The Balaban J connectivity index is 0.837. The van der Waals surface area contributed by atoms with Crippen LogP contribution in [0.2, 0.25) is 0 Å². The van der Waals surface area contributed by atoms with Gasteiger partial charge in [-0.2, -0.15) is 0 Å². The molecule has 0 spiro atoms. The van der Waals surface area contributed by atoms with Gasteiger partial charge in [-0.3, -0.25) is 19.2 Å². The fraction of sp³-hybridized carbons (Fsp3) is 0.535. The topological polar surface area (TPSA) is 134 Å². The van der Waals surface area contributed by atoms with Crippen LogP contribution in [0.4, 0.5) is 20.2 Å². The van der Waals surface area contributed by atoms with Gasteiger partial charge in [0.1, 0.15) is 35.7 Å². The lowest BCUT2D eigenvalue weighted by Crippen LogP contribution is -2.45. The number of carbonyl (C=O) groups excluding carboxylic acids is 2. The quantitative estimate of drug-likeness (QED) is 0.202. The molecule has 2 saturated heterocycles. The number of carbonyl (C=O) groups is 2. The molecule has 0 saturated carbocycles. The zero-order chi connectivity index (χ0) is 41.5. The normalized spacial score (nSPS) is 19.5. The van der Waals surface area contributed by atoms with Crippen molar-refractivity contribution in [1.29, 1.82) is 0 Å². The largest absolute Gasteiger partial charge is 0.487 e. The summed E-state index contributed by atoms with van der Waals surface area (Å²) in [6.45, 7) is 10.9. The predicted octanol–water partition coefficient (Wildman–Crippen LogP) is 4.12. The minimum Gasteiger partial charge on any atom is -0.487 e. The fourth-order valence-electron chi connectivity index (χ4n) is 8.77. The number of benzene rings is 2. The van der Waals surface area contributed by atoms with E-state index in [9.17, 15) is 19.2 Å². The molecule has 4 aliphatic heterocycles. The number of rotatable bonds is 12. The highest BCUT2D eigenvalue weighted by molar-refractivity contribution is 6.01. The number of hydrogen-bond donors (Lipinski definition) is 2. The number of ether oxygens (including phenoxy) is 2. The molecule has 4 aliphatic rings. The summed E-state index contributed by atoms with van der Waals surface area (Å²) in [4.78, 5) is 62.1. The van der Waals surface area contributed by atoms with Gasteiger partial charge >= 0.3 is 0 Å². The molecule has 0 bridgehead atoms. The Hall–Kier alpha value is -5.22. The van der Waals surface area contributed by atoms with E-state index in [4.69, 9.17) is 9.47 Å². The zero-order valence-corrected chi connectivity index (χ0v) is 34.4. The van der Waals surface area contributed by atoms with Crippen molar-refractivity contribution in [2.45, 2.75) is 58.0 Å². The molecule has 6 heterocycles. The minimum atomic E-state index is -0.532. The molecule has 4 aromatic rings. The maximum absolute atomic E-state index is 15.7. The van der Waals surface area contributed by atoms with E-state index in [1.807, 2.05) is 46.9 Å². The molecule has 0 unspecified atom stereocenters. The van der Waals surface area contributed by atoms with Crippen molar-refractivity contribution in [2.75, 3.05) is 103 Å². The third kappa shape index (κ3) is 7.72. The first-order valence-corrected chi connectivity index (χ1v) is 20.9. The summed E-state index contributed by atoms with van der Waals surface area (Å²) in [5, 5.41) is 6.00. The molecule has 2 N–H and O–H groups in total. The van der Waals surface area contributed by atoms with Gasteiger partial charge in [-0.05, 0) is 52.9 Å². The van der Waals surface area contributed by atoms with Crippen LogP contribution >= 0.6 is 0 Å². The Morgan fingerprint density at radius 2 is 1.00 bits per heavy atom. The van der Waals surface area contributed by atoms with Crippen molar-refractivity contribution in [2.24, 2.45) is 0 Å². The molecular formula is C43H54F2N8O6. The van der Waals surface area contributed by atoms with Gasteiger partial charge in [0, 0.05) is 77.8 Å². The summed E-state index contributed by atoms with van der Waals surface area (Å²) in [5.74, 6) is -1.35. The molecule has 2 fully saturated rings. The van der Waals surface area contributed by atoms with Gasteiger partial charge in [0.2, 0.25) is 10.9 Å². The van der Waals surface area contributed by atoms with Gasteiger partial charge in [-0.25, -0.2) is 8.78 Å². The van der Waals surface area contributed by atoms with Gasteiger partial charge in [-0.15, -0.1) is 0 Å². The first kappa shape index (κ1) is 40.6. The van der Waals surface area contributed by atoms with Crippen LogP contribution in [0.15, 0.2) is 34.1 Å². The van der Waals surface area contributed by atoms with E-state index >= 15 is 8.78 Å². The highest BCUT2D eigenvalue weighted by Crippen LogP contribution is 2.43. The van der Waals surface area contributed by atoms with Gasteiger partial charge < -0.3 is 48.8 Å². The molecular weight excluding hydrogens is 763 g/mol. The third-order valence-corrected chi connectivity index (χ3v) is 12.3. The molecule has 2 aromatic carbocycles. The van der Waals surface area contributed by atoms with Crippen LogP contribution in [-0.4, -0.2) is 124 Å². The zero-order valence-electron chi connectivity index (χ0n) is 34.4. The van der Waals surface area contributed by atoms with Crippen LogP contribution in [0.5, 0.6) is 11.5 Å². The van der Waals surface area contributed by atoms with E-state index in [1.54, 1.807) is 12.4 Å². The van der Waals surface area contributed by atoms with Gasteiger partial charge in [0.25, 0.3) is 11.8 Å². The molecule has 2 amide bonds. The van der Waals surface area contributed by atoms with E-state index in [2.05, 4.69) is 20.4 Å². The Bertz CT molecular complexity index is 2240. The monoisotopic (exact) mass is 816 g/mol. The summed E-state index contributed by atoms with van der Waals surface area (Å²) in [7, 11) is 4.06. The molecule has 14 nitrogen and oxygen atoms in total. The summed E-state index contributed by atoms with van der Waals surface area (Å²) in [5.41, 5.74) is 0.651. The van der Waals surface area contributed by atoms with Gasteiger partial charge in [0.15, 0.2) is 23.1 Å². The number of nitrogens with zero attached hydrogens (tertiary/aromatic N) is 6. The first-order chi connectivity index (χ1) is 28.4. The molecule has 2 aromatic heterocycles. The number of pyridine rings is 2. The van der Waals surface area contributed by atoms with Crippen molar-refractivity contribution < 1.29 is 27.8 Å². The van der Waals surface area contributed by atoms with Crippen molar-refractivity contribution in [3.63, 3.8) is 0 Å². The van der Waals surface area contributed by atoms with Crippen LogP contribution in [0, 0.1) is 11.6 Å². The molecule has 59 heavy (non-hydrogen) atoms. The number of halogens is 2. The Kier molecular flexibility index (Phi) is 11.5. The second-order valence-corrected chi connectivity index (χ2v) is 16.6. The summed E-state index contributed by atoms with van der Waals surface area (Å²) in [6.07, 6.45) is 7.00. The predicted molar refractivity (Wildman–Crippen MR) is 224 cm³/mol. The van der Waals surface area contributed by atoms with Crippen LogP contribution in [-0.2, 0) is 0 Å². The minimum absolute atomic E-state index is 0.0289. The standard InChI is InChI=1S/C43H54F2N8O6/c1-26-24-58-40-34-28(20-32(44)36(40)50-16-12-48(3)13-17-50)38(54)30(22-52(26)34)42(56)46-10-8-6-5-7-9-11-47-43(57)31-23-53-27(2)25-59-41-35(53)29(39(31)55)21-33(45)37(41)51-18-14-49(4)15-19-51/h20-23,26-27H,5-19,24-25H2,1-4H3,(H,46,56)(H,47,57)/t26-,27-/m0/s1. The van der Waals surface area contributed by atoms with E-state index in [1.165, 1.54) is 12.1 Å². The smallest absolute Gasteiger partial charge is 0.256 e. The van der Waals surface area contributed by atoms with E-state index in [0.717, 1.165) is 45.4 Å². The first-order valence-electron chi connectivity index (χ1n) is 20.9. The maximum Gasteiger partial charge on any atom is 0.256 e. The molecule has 0 aliphatic carbocycles. The molecule has 2 atom stereocenters. The molecule has 16 heteroatoms. The maximum atomic E-state index is 15.7. The number of nitrogens with one attached hydrogen (secondary N) is 2. The van der Waals surface area contributed by atoms with E-state index in [-0.39, 0.29) is 34.0 Å². The molecule has 316 valence electrons. The van der Waals surface area contributed by atoms with Crippen LogP contribution in [0.3, 0.4) is 0 Å². The Morgan fingerprint density at radius 3 is 1.39 bits per heavy atom. The summed E-state index contributed by atoms with van der Waals surface area (Å²) in [6, 6.07) is 2.18. The summed E-state index contributed by atoms with van der Waals surface area (Å²) >= 11 is 0. The second kappa shape index (κ2) is 16.8. The number of anilines is 2. The number of amides is 2. The fourth-order valence-corrected chi connectivity index (χ4v) is 8.77. The average Bonchev–Trinajstić information content (AvgIpc) is 3.22. The van der Waals surface area contributed by atoms with Crippen LogP contribution in [0.1, 0.15) is 78.8 Å². The van der Waals surface area contributed by atoms with Crippen molar-refractivity contribution in [3.8, 4) is 11.5 Å². The number of piperazine rings is 2. The van der Waals surface area contributed by atoms with Crippen molar-refractivity contribution in [1.82, 2.24) is 29.6 Å². The Labute approximate surface area is 341 Å². The third-order valence-electron chi connectivity index (χ3n) is 12.3. The van der Waals surface area contributed by atoms with Gasteiger partial charge in [0.05, 0.1) is 33.9 Å².